The van der Waals surface area contributed by atoms with E-state index in [4.69, 9.17) is 9.47 Å². The second-order valence-electron chi connectivity index (χ2n) is 3.93. The molecule has 0 aromatic heterocycles. The van der Waals surface area contributed by atoms with Crippen molar-refractivity contribution in [2.75, 3.05) is 0 Å². The molecule has 0 aliphatic heterocycles. The lowest BCUT2D eigenvalue weighted by Gasteiger charge is -2.16. The lowest BCUT2D eigenvalue weighted by atomic mass is 10.1. The van der Waals surface area contributed by atoms with E-state index in [-0.39, 0.29) is 12.2 Å². The standard InChI is InChI=1S/C11H20O4/c1-6-9(10(12)14-7(2)3)11(13)15-8(4)5/h7-9H,6H2,1-5H3. The van der Waals surface area contributed by atoms with Crippen molar-refractivity contribution in [3.8, 4) is 0 Å². The largest absolute Gasteiger partial charge is 0.462 e. The topological polar surface area (TPSA) is 52.6 Å². The van der Waals surface area contributed by atoms with Crippen LogP contribution in [0.25, 0.3) is 0 Å². The highest BCUT2D eigenvalue weighted by molar-refractivity contribution is 5.94. The predicted molar refractivity (Wildman–Crippen MR) is 56.2 cm³/mol. The van der Waals surface area contributed by atoms with E-state index in [2.05, 4.69) is 0 Å². The highest BCUT2D eigenvalue weighted by Crippen LogP contribution is 2.10. The predicted octanol–water partition coefficient (Wildman–Crippen LogP) is 1.92. The van der Waals surface area contributed by atoms with Crippen LogP contribution in [0.3, 0.4) is 0 Å². The van der Waals surface area contributed by atoms with Crippen molar-refractivity contribution in [1.29, 1.82) is 0 Å². The maximum absolute atomic E-state index is 11.5. The Bertz CT molecular complexity index is 199. The van der Waals surface area contributed by atoms with Crippen LogP contribution in [0.1, 0.15) is 41.0 Å². The Morgan fingerprint density at radius 2 is 1.27 bits per heavy atom. The van der Waals surface area contributed by atoms with Crippen molar-refractivity contribution in [3.63, 3.8) is 0 Å². The minimum atomic E-state index is -0.796. The van der Waals surface area contributed by atoms with E-state index in [1.54, 1.807) is 34.6 Å². The molecule has 0 rings (SSSR count). The molecule has 0 unspecified atom stereocenters. The van der Waals surface area contributed by atoms with Gasteiger partial charge in [0, 0.05) is 0 Å². The Kier molecular flexibility index (Phi) is 5.97. The zero-order chi connectivity index (χ0) is 12.0. The Hall–Kier alpha value is -1.06. The fourth-order valence-electron chi connectivity index (χ4n) is 1.06. The third-order valence-electron chi connectivity index (χ3n) is 1.68. The van der Waals surface area contributed by atoms with Gasteiger partial charge in [-0.15, -0.1) is 0 Å². The van der Waals surface area contributed by atoms with Gasteiger partial charge in [0.05, 0.1) is 12.2 Å². The van der Waals surface area contributed by atoms with Gasteiger partial charge >= 0.3 is 11.9 Å². The molecule has 0 saturated heterocycles. The van der Waals surface area contributed by atoms with Gasteiger partial charge in [-0.1, -0.05) is 6.92 Å². The van der Waals surface area contributed by atoms with E-state index < -0.39 is 17.9 Å². The van der Waals surface area contributed by atoms with Crippen LogP contribution < -0.4 is 0 Å². The molecule has 0 atom stereocenters. The van der Waals surface area contributed by atoms with Crippen molar-refractivity contribution in [1.82, 2.24) is 0 Å². The summed E-state index contributed by atoms with van der Waals surface area (Å²) in [7, 11) is 0. The molecule has 15 heavy (non-hydrogen) atoms. The van der Waals surface area contributed by atoms with Crippen molar-refractivity contribution in [3.05, 3.63) is 0 Å². The van der Waals surface area contributed by atoms with Crippen LogP contribution in [0.2, 0.25) is 0 Å². The first-order valence-corrected chi connectivity index (χ1v) is 5.29. The average molecular weight is 216 g/mol. The SMILES string of the molecule is CCC(C(=O)OC(C)C)C(=O)OC(C)C. The third kappa shape index (κ3) is 5.40. The fourth-order valence-corrected chi connectivity index (χ4v) is 1.06. The molecule has 88 valence electrons. The lowest BCUT2D eigenvalue weighted by Crippen LogP contribution is -2.30. The van der Waals surface area contributed by atoms with Gasteiger partial charge in [0.2, 0.25) is 0 Å². The van der Waals surface area contributed by atoms with Gasteiger partial charge in [-0.2, -0.15) is 0 Å². The Morgan fingerprint density at radius 1 is 0.933 bits per heavy atom. The highest BCUT2D eigenvalue weighted by Gasteiger charge is 2.29. The van der Waals surface area contributed by atoms with Crippen molar-refractivity contribution < 1.29 is 19.1 Å². The fraction of sp³-hybridized carbons (Fsp3) is 0.818. The maximum Gasteiger partial charge on any atom is 0.320 e. The summed E-state index contributed by atoms with van der Waals surface area (Å²) in [6.45, 7) is 8.75. The minimum absolute atomic E-state index is 0.210. The van der Waals surface area contributed by atoms with Crippen molar-refractivity contribution in [2.45, 2.75) is 53.2 Å². The Morgan fingerprint density at radius 3 is 1.47 bits per heavy atom. The summed E-state index contributed by atoms with van der Waals surface area (Å²) in [5, 5.41) is 0. The molecule has 4 nitrogen and oxygen atoms in total. The maximum atomic E-state index is 11.5. The van der Waals surface area contributed by atoms with Crippen LogP contribution in [0, 0.1) is 5.92 Å². The van der Waals surface area contributed by atoms with E-state index in [0.717, 1.165) is 0 Å². The molecule has 0 bridgehead atoms. The molecular weight excluding hydrogens is 196 g/mol. The van der Waals surface area contributed by atoms with E-state index >= 15 is 0 Å². The number of carbonyl (C=O) groups is 2. The number of esters is 2. The summed E-state index contributed by atoms with van der Waals surface area (Å²) in [5.41, 5.74) is 0. The van der Waals surface area contributed by atoms with Gasteiger partial charge in [-0.3, -0.25) is 9.59 Å². The first-order chi connectivity index (χ1) is 6.88. The van der Waals surface area contributed by atoms with E-state index in [1.165, 1.54) is 0 Å². The van der Waals surface area contributed by atoms with Gasteiger partial charge in [-0.05, 0) is 34.1 Å². The van der Waals surface area contributed by atoms with Gasteiger partial charge < -0.3 is 9.47 Å². The minimum Gasteiger partial charge on any atom is -0.462 e. The van der Waals surface area contributed by atoms with Crippen LogP contribution in [-0.4, -0.2) is 24.1 Å². The van der Waals surface area contributed by atoms with E-state index in [9.17, 15) is 9.59 Å². The molecular formula is C11H20O4. The second-order valence-corrected chi connectivity index (χ2v) is 3.93. The molecule has 0 spiro atoms. The number of ether oxygens (including phenoxy) is 2. The van der Waals surface area contributed by atoms with Gasteiger partial charge in [0.25, 0.3) is 0 Å². The molecule has 0 fully saturated rings. The molecule has 0 aliphatic carbocycles. The first-order valence-electron chi connectivity index (χ1n) is 5.29. The lowest BCUT2D eigenvalue weighted by molar-refractivity contribution is -0.166. The zero-order valence-corrected chi connectivity index (χ0v) is 10.1. The van der Waals surface area contributed by atoms with Crippen molar-refractivity contribution >= 4 is 11.9 Å². The monoisotopic (exact) mass is 216 g/mol. The summed E-state index contributed by atoms with van der Waals surface area (Å²) in [6, 6.07) is 0. The van der Waals surface area contributed by atoms with Gasteiger partial charge in [-0.25, -0.2) is 0 Å². The summed E-state index contributed by atoms with van der Waals surface area (Å²) < 4.78 is 9.93. The van der Waals surface area contributed by atoms with Crippen LogP contribution in [0.15, 0.2) is 0 Å². The number of hydrogen-bond acceptors (Lipinski definition) is 4. The van der Waals surface area contributed by atoms with Crippen LogP contribution >= 0.6 is 0 Å². The van der Waals surface area contributed by atoms with Crippen LogP contribution in [-0.2, 0) is 19.1 Å². The highest BCUT2D eigenvalue weighted by atomic mass is 16.6. The van der Waals surface area contributed by atoms with E-state index in [0.29, 0.717) is 6.42 Å². The molecule has 4 heteroatoms. The zero-order valence-electron chi connectivity index (χ0n) is 10.1. The molecule has 0 N–H and O–H groups in total. The van der Waals surface area contributed by atoms with Gasteiger partial charge in [0.15, 0.2) is 5.92 Å². The molecule has 0 amide bonds. The molecule has 0 heterocycles. The normalized spacial score (nSPS) is 10.9. The number of rotatable bonds is 5. The quantitative estimate of drug-likeness (QED) is 0.520. The molecule has 0 aliphatic rings. The van der Waals surface area contributed by atoms with Gasteiger partial charge in [0.1, 0.15) is 0 Å². The average Bonchev–Trinajstić information content (AvgIpc) is 2.01. The van der Waals surface area contributed by atoms with E-state index in [1.807, 2.05) is 0 Å². The number of hydrogen-bond donors (Lipinski definition) is 0. The number of carbonyl (C=O) groups excluding carboxylic acids is 2. The second kappa shape index (κ2) is 6.43. The third-order valence-corrected chi connectivity index (χ3v) is 1.68. The smallest absolute Gasteiger partial charge is 0.320 e. The van der Waals surface area contributed by atoms with Crippen LogP contribution in [0.5, 0.6) is 0 Å². The molecule has 0 radical (unpaired) electrons. The summed E-state index contributed by atoms with van der Waals surface area (Å²) >= 11 is 0. The molecule has 0 aromatic carbocycles. The van der Waals surface area contributed by atoms with Crippen LogP contribution in [0.4, 0.5) is 0 Å². The Labute approximate surface area is 90.9 Å². The van der Waals surface area contributed by atoms with Crippen molar-refractivity contribution in [2.24, 2.45) is 5.92 Å². The molecule has 0 saturated carbocycles. The molecule has 0 aromatic rings. The summed E-state index contributed by atoms with van der Waals surface area (Å²) in [4.78, 5) is 23.0. The Balaban J connectivity index is 4.34. The first kappa shape index (κ1) is 13.9. The summed E-state index contributed by atoms with van der Waals surface area (Å²) in [6.07, 6.45) is -0.0197. The summed E-state index contributed by atoms with van der Waals surface area (Å²) in [5.74, 6) is -1.80.